The predicted molar refractivity (Wildman–Crippen MR) is 62.6 cm³/mol. The fourth-order valence-electron chi connectivity index (χ4n) is 2.22. The molecule has 0 radical (unpaired) electrons. The van der Waals surface area contributed by atoms with Crippen LogP contribution in [0.4, 0.5) is 0 Å². The van der Waals surface area contributed by atoms with Crippen molar-refractivity contribution in [2.75, 3.05) is 7.11 Å². The number of benzene rings is 1. The van der Waals surface area contributed by atoms with E-state index in [1.54, 1.807) is 7.11 Å². The molecule has 3 heteroatoms. The van der Waals surface area contributed by atoms with Crippen molar-refractivity contribution in [1.82, 2.24) is 0 Å². The molecule has 0 aromatic heterocycles. The molecule has 0 heterocycles. The van der Waals surface area contributed by atoms with E-state index in [4.69, 9.17) is 22.1 Å². The van der Waals surface area contributed by atoms with Crippen LogP contribution >= 0.6 is 11.6 Å². The maximum atomic E-state index is 6.23. The minimum atomic E-state index is -0.135. The molecule has 2 rings (SSSR count). The minimum Gasteiger partial charge on any atom is -0.495 e. The highest BCUT2D eigenvalue weighted by molar-refractivity contribution is 6.33. The summed E-state index contributed by atoms with van der Waals surface area (Å²) >= 11 is 6.22. The summed E-state index contributed by atoms with van der Waals surface area (Å²) in [5.74, 6) is 0.736. The lowest BCUT2D eigenvalue weighted by atomic mass is 9.94. The zero-order valence-corrected chi connectivity index (χ0v) is 10.1. The van der Waals surface area contributed by atoms with Gasteiger partial charge in [-0.05, 0) is 49.4 Å². The first-order valence-electron chi connectivity index (χ1n) is 5.12. The molecule has 2 N–H and O–H groups in total. The van der Waals surface area contributed by atoms with Gasteiger partial charge in [0.15, 0.2) is 0 Å². The summed E-state index contributed by atoms with van der Waals surface area (Å²) in [6.07, 6.45) is 2.11. The molecule has 0 atom stereocenters. The van der Waals surface area contributed by atoms with Gasteiger partial charge in [-0.15, -0.1) is 0 Å². The second kappa shape index (κ2) is 3.39. The van der Waals surface area contributed by atoms with E-state index in [1.165, 1.54) is 11.1 Å². The molecule has 1 aromatic rings. The largest absolute Gasteiger partial charge is 0.495 e. The first-order valence-corrected chi connectivity index (χ1v) is 5.50. The molecular formula is C12H16ClNO. The third-order valence-electron chi connectivity index (χ3n) is 3.17. The number of hydrogen-bond donors (Lipinski definition) is 1. The first kappa shape index (κ1) is 10.8. The van der Waals surface area contributed by atoms with Gasteiger partial charge in [0.25, 0.3) is 0 Å². The smallest absolute Gasteiger partial charge is 0.138 e. The quantitative estimate of drug-likeness (QED) is 0.840. The number of hydrogen-bond acceptors (Lipinski definition) is 2. The fourth-order valence-corrected chi connectivity index (χ4v) is 2.45. The van der Waals surface area contributed by atoms with E-state index in [0.29, 0.717) is 5.02 Å². The van der Waals surface area contributed by atoms with E-state index in [9.17, 15) is 0 Å². The summed E-state index contributed by atoms with van der Waals surface area (Å²) in [6, 6.07) is 1.97. The van der Waals surface area contributed by atoms with Gasteiger partial charge < -0.3 is 10.5 Å². The lowest BCUT2D eigenvalue weighted by molar-refractivity contribution is 0.414. The Kier molecular flexibility index (Phi) is 2.44. The van der Waals surface area contributed by atoms with Gasteiger partial charge in [-0.2, -0.15) is 0 Å². The number of aryl methyl sites for hydroxylation is 1. The Morgan fingerprint density at radius 1 is 1.40 bits per heavy atom. The Labute approximate surface area is 95.4 Å². The van der Waals surface area contributed by atoms with Gasteiger partial charge in [-0.25, -0.2) is 0 Å². The van der Waals surface area contributed by atoms with Crippen molar-refractivity contribution in [3.8, 4) is 5.75 Å². The van der Waals surface area contributed by atoms with E-state index >= 15 is 0 Å². The molecule has 82 valence electrons. The van der Waals surface area contributed by atoms with Crippen molar-refractivity contribution in [3.05, 3.63) is 27.8 Å². The highest BCUT2D eigenvalue weighted by Crippen LogP contribution is 2.48. The van der Waals surface area contributed by atoms with Crippen molar-refractivity contribution in [3.63, 3.8) is 0 Å². The fraction of sp³-hybridized carbons (Fsp3) is 0.500. The lowest BCUT2D eigenvalue weighted by Gasteiger charge is -2.19. The van der Waals surface area contributed by atoms with E-state index in [2.05, 4.69) is 6.92 Å². The van der Waals surface area contributed by atoms with Crippen molar-refractivity contribution < 1.29 is 4.74 Å². The van der Waals surface area contributed by atoms with Crippen molar-refractivity contribution in [2.24, 2.45) is 5.73 Å². The van der Waals surface area contributed by atoms with Crippen LogP contribution in [0.15, 0.2) is 6.07 Å². The second-order valence-corrected chi connectivity index (χ2v) is 4.74. The predicted octanol–water partition coefficient (Wildman–Crippen LogP) is 2.91. The van der Waals surface area contributed by atoms with Gasteiger partial charge in [0, 0.05) is 5.54 Å². The minimum absolute atomic E-state index is 0.135. The summed E-state index contributed by atoms with van der Waals surface area (Å²) in [5, 5.41) is 0.690. The van der Waals surface area contributed by atoms with Gasteiger partial charge >= 0.3 is 0 Å². The Morgan fingerprint density at radius 3 is 2.47 bits per heavy atom. The summed E-state index contributed by atoms with van der Waals surface area (Å²) in [6.45, 7) is 4.08. The van der Waals surface area contributed by atoms with Crippen LogP contribution in [0.3, 0.4) is 0 Å². The number of rotatable bonds is 2. The van der Waals surface area contributed by atoms with Gasteiger partial charge in [-0.3, -0.25) is 0 Å². The van der Waals surface area contributed by atoms with E-state index in [-0.39, 0.29) is 5.54 Å². The second-order valence-electron chi connectivity index (χ2n) is 4.37. The molecule has 0 unspecified atom stereocenters. The molecular weight excluding hydrogens is 210 g/mol. The number of halogens is 1. The summed E-state index contributed by atoms with van der Waals surface area (Å²) < 4.78 is 5.22. The molecule has 0 spiro atoms. The lowest BCUT2D eigenvalue weighted by Crippen LogP contribution is -2.21. The monoisotopic (exact) mass is 225 g/mol. The van der Waals surface area contributed by atoms with E-state index in [1.807, 2.05) is 13.0 Å². The van der Waals surface area contributed by atoms with Crippen LogP contribution in [0.25, 0.3) is 0 Å². The third kappa shape index (κ3) is 1.62. The van der Waals surface area contributed by atoms with E-state index in [0.717, 1.165) is 24.2 Å². The average Bonchev–Trinajstić information content (AvgIpc) is 2.91. The van der Waals surface area contributed by atoms with Gasteiger partial charge in [0.05, 0.1) is 12.1 Å². The van der Waals surface area contributed by atoms with Crippen LogP contribution in [-0.4, -0.2) is 7.11 Å². The van der Waals surface area contributed by atoms with Gasteiger partial charge in [0.2, 0.25) is 0 Å². The molecule has 1 aliphatic rings. The molecule has 1 aliphatic carbocycles. The molecule has 15 heavy (non-hydrogen) atoms. The van der Waals surface area contributed by atoms with Crippen LogP contribution in [0.5, 0.6) is 5.75 Å². The zero-order chi connectivity index (χ0) is 11.2. The van der Waals surface area contributed by atoms with Crippen molar-refractivity contribution in [2.45, 2.75) is 32.2 Å². The highest BCUT2D eigenvalue weighted by atomic mass is 35.5. The summed E-state index contributed by atoms with van der Waals surface area (Å²) in [5.41, 5.74) is 9.54. The van der Waals surface area contributed by atoms with Crippen LogP contribution in [-0.2, 0) is 5.54 Å². The molecule has 2 nitrogen and oxygen atoms in total. The standard InChI is InChI=1S/C12H16ClNO/c1-7-6-9(15-3)11(13)8(2)10(7)12(14)4-5-12/h6H,4-5,14H2,1-3H3. The molecule has 1 aromatic carbocycles. The number of methoxy groups -OCH3 is 1. The molecule has 1 saturated carbocycles. The highest BCUT2D eigenvalue weighted by Gasteiger charge is 2.42. The average molecular weight is 226 g/mol. The summed E-state index contributed by atoms with van der Waals surface area (Å²) in [7, 11) is 1.63. The number of ether oxygens (including phenoxy) is 1. The van der Waals surface area contributed by atoms with Gasteiger partial charge in [0.1, 0.15) is 5.75 Å². The Morgan fingerprint density at radius 2 is 2.00 bits per heavy atom. The third-order valence-corrected chi connectivity index (χ3v) is 3.64. The van der Waals surface area contributed by atoms with Crippen LogP contribution < -0.4 is 10.5 Å². The summed E-state index contributed by atoms with van der Waals surface area (Å²) in [4.78, 5) is 0. The van der Waals surface area contributed by atoms with Crippen LogP contribution in [0.2, 0.25) is 5.02 Å². The molecule has 0 amide bonds. The molecule has 0 aliphatic heterocycles. The SMILES string of the molecule is COc1cc(C)c(C2(N)CC2)c(C)c1Cl. The normalized spacial score (nSPS) is 17.7. The van der Waals surface area contributed by atoms with E-state index < -0.39 is 0 Å². The molecule has 0 bridgehead atoms. The number of nitrogens with two attached hydrogens (primary N) is 1. The first-order chi connectivity index (χ1) is 6.99. The molecule has 1 fully saturated rings. The Balaban J connectivity index is 2.61. The maximum Gasteiger partial charge on any atom is 0.138 e. The Hall–Kier alpha value is -0.730. The van der Waals surface area contributed by atoms with Crippen LogP contribution in [0.1, 0.15) is 29.5 Å². The van der Waals surface area contributed by atoms with Crippen LogP contribution in [0, 0.1) is 13.8 Å². The van der Waals surface area contributed by atoms with Gasteiger partial charge in [-0.1, -0.05) is 11.6 Å². The molecule has 0 saturated heterocycles. The zero-order valence-electron chi connectivity index (χ0n) is 9.36. The Bertz CT molecular complexity index is 411. The van der Waals surface area contributed by atoms with Crippen molar-refractivity contribution >= 4 is 11.6 Å². The topological polar surface area (TPSA) is 35.2 Å². The van der Waals surface area contributed by atoms with Crippen molar-refractivity contribution in [1.29, 1.82) is 0 Å². The maximum absolute atomic E-state index is 6.23.